The maximum Gasteiger partial charge on any atom is -0.0279 e. The molecule has 0 aromatic heterocycles. The molecule has 1 aromatic carbocycles. The molecule has 0 unspecified atom stereocenters. The van der Waals surface area contributed by atoms with E-state index in [9.17, 15) is 0 Å². The van der Waals surface area contributed by atoms with Gasteiger partial charge in [-0.25, -0.2) is 0 Å². The summed E-state index contributed by atoms with van der Waals surface area (Å²) < 4.78 is 0. The molecular weight excluding hydrogens is 192 g/mol. The summed E-state index contributed by atoms with van der Waals surface area (Å²) in [6.45, 7) is 9.70. The molecule has 0 atom stereocenters. The van der Waals surface area contributed by atoms with E-state index in [0.29, 0.717) is 0 Å². The topological polar surface area (TPSA) is 0 Å². The van der Waals surface area contributed by atoms with Gasteiger partial charge in [0.1, 0.15) is 0 Å². The molecule has 0 aliphatic rings. The van der Waals surface area contributed by atoms with Crippen LogP contribution in [0.1, 0.15) is 48.8 Å². The summed E-state index contributed by atoms with van der Waals surface area (Å²) in [5, 5.41) is 0. The summed E-state index contributed by atoms with van der Waals surface area (Å²) >= 11 is 0. The summed E-state index contributed by atoms with van der Waals surface area (Å²) in [6, 6.07) is 6.81. The van der Waals surface area contributed by atoms with E-state index in [0.717, 1.165) is 6.42 Å². The number of benzene rings is 1. The van der Waals surface area contributed by atoms with Crippen LogP contribution in [0.4, 0.5) is 0 Å². The molecule has 1 radical (unpaired) electrons. The Morgan fingerprint density at radius 2 is 1.75 bits per heavy atom. The summed E-state index contributed by atoms with van der Waals surface area (Å²) in [5.41, 5.74) is 4.28. The summed E-state index contributed by atoms with van der Waals surface area (Å²) in [4.78, 5) is 0. The van der Waals surface area contributed by atoms with Gasteiger partial charge in [-0.05, 0) is 56.2 Å². The van der Waals surface area contributed by atoms with Gasteiger partial charge in [0.25, 0.3) is 0 Å². The van der Waals surface area contributed by atoms with Crippen molar-refractivity contribution in [1.29, 1.82) is 0 Å². The predicted octanol–water partition coefficient (Wildman–Crippen LogP) is 4.79. The van der Waals surface area contributed by atoms with Crippen molar-refractivity contribution in [2.45, 2.75) is 52.4 Å². The van der Waals surface area contributed by atoms with E-state index in [1.165, 1.54) is 48.8 Å². The zero-order chi connectivity index (χ0) is 11.8. The maximum absolute atomic E-state index is 5.34. The van der Waals surface area contributed by atoms with Gasteiger partial charge in [0.2, 0.25) is 0 Å². The molecule has 0 bridgehead atoms. The fraction of sp³-hybridized carbons (Fsp3) is 0.500. The first-order valence-electron chi connectivity index (χ1n) is 6.33. The van der Waals surface area contributed by atoms with Crippen LogP contribution in [0.5, 0.6) is 0 Å². The second-order valence-electron chi connectivity index (χ2n) is 4.61. The largest absolute Gasteiger partial charge is 0.0845 e. The van der Waals surface area contributed by atoms with Crippen LogP contribution >= 0.6 is 0 Å². The van der Waals surface area contributed by atoms with Crippen molar-refractivity contribution in [2.75, 3.05) is 0 Å². The van der Waals surface area contributed by atoms with E-state index in [1.807, 2.05) is 0 Å². The van der Waals surface area contributed by atoms with Crippen molar-refractivity contribution < 1.29 is 0 Å². The van der Waals surface area contributed by atoms with E-state index >= 15 is 0 Å². The minimum atomic E-state index is 1.06. The van der Waals surface area contributed by atoms with Crippen LogP contribution in [0, 0.1) is 20.4 Å². The monoisotopic (exact) mass is 215 g/mol. The number of aryl methyl sites for hydroxylation is 3. The normalized spacial score (nSPS) is 10.4. The van der Waals surface area contributed by atoms with Crippen molar-refractivity contribution in [3.63, 3.8) is 0 Å². The second kappa shape index (κ2) is 7.27. The summed E-state index contributed by atoms with van der Waals surface area (Å²) in [7, 11) is 0. The van der Waals surface area contributed by atoms with Gasteiger partial charge in [-0.2, -0.15) is 0 Å². The maximum atomic E-state index is 5.34. The van der Waals surface area contributed by atoms with E-state index in [4.69, 9.17) is 6.58 Å². The summed E-state index contributed by atoms with van der Waals surface area (Å²) in [6.07, 6.45) is 9.20. The van der Waals surface area contributed by atoms with E-state index < -0.39 is 0 Å². The van der Waals surface area contributed by atoms with Crippen molar-refractivity contribution in [1.82, 2.24) is 0 Å². The number of hydrogen-bond donors (Lipinski definition) is 0. The third-order valence-electron chi connectivity index (χ3n) is 3.16. The first kappa shape index (κ1) is 13.0. The van der Waals surface area contributed by atoms with Crippen LogP contribution in [0.3, 0.4) is 0 Å². The van der Waals surface area contributed by atoms with Gasteiger partial charge < -0.3 is 0 Å². The second-order valence-corrected chi connectivity index (χ2v) is 4.61. The predicted molar refractivity (Wildman–Crippen MR) is 71.6 cm³/mol. The van der Waals surface area contributed by atoms with Crippen molar-refractivity contribution in [2.24, 2.45) is 0 Å². The molecule has 0 heteroatoms. The molecule has 0 fully saturated rings. The molecule has 1 rings (SSSR count). The zero-order valence-electron chi connectivity index (χ0n) is 10.6. The first-order valence-corrected chi connectivity index (χ1v) is 6.33. The Labute approximate surface area is 100 Å². The highest BCUT2D eigenvalue weighted by Gasteiger charge is 1.96. The lowest BCUT2D eigenvalue weighted by molar-refractivity contribution is 0.646. The molecular formula is C16H23. The minimum absolute atomic E-state index is 1.06. The molecule has 0 spiro atoms. The van der Waals surface area contributed by atoms with Gasteiger partial charge in [0, 0.05) is 0 Å². The van der Waals surface area contributed by atoms with E-state index in [-0.39, 0.29) is 0 Å². The van der Waals surface area contributed by atoms with E-state index in [1.54, 1.807) is 6.08 Å². The fourth-order valence-corrected chi connectivity index (χ4v) is 1.90. The Bertz CT molecular complexity index is 323. The minimum Gasteiger partial charge on any atom is -0.0845 e. The van der Waals surface area contributed by atoms with Crippen LogP contribution in [0.2, 0.25) is 0 Å². The highest BCUT2D eigenvalue weighted by Crippen LogP contribution is 2.13. The number of unbranched alkanes of at least 4 members (excludes halogenated alkanes) is 4. The third kappa shape index (κ3) is 4.65. The quantitative estimate of drug-likeness (QED) is 0.574. The molecule has 0 saturated heterocycles. The van der Waals surface area contributed by atoms with Gasteiger partial charge in [-0.1, -0.05) is 43.7 Å². The summed E-state index contributed by atoms with van der Waals surface area (Å²) in [5.74, 6) is 0. The Morgan fingerprint density at radius 1 is 1.00 bits per heavy atom. The molecule has 0 amide bonds. The Hall–Kier alpha value is -1.04. The average Bonchev–Trinajstić information content (AvgIpc) is 2.28. The fourth-order valence-electron chi connectivity index (χ4n) is 1.90. The number of rotatable bonds is 7. The highest BCUT2D eigenvalue weighted by molar-refractivity contribution is 5.29. The van der Waals surface area contributed by atoms with Crippen molar-refractivity contribution in [3.05, 3.63) is 47.5 Å². The highest BCUT2D eigenvalue weighted by atomic mass is 14.0. The van der Waals surface area contributed by atoms with Gasteiger partial charge in [-0.15, -0.1) is 0 Å². The zero-order valence-corrected chi connectivity index (χ0v) is 10.6. The number of hydrogen-bond acceptors (Lipinski definition) is 0. The average molecular weight is 215 g/mol. The molecule has 87 valence electrons. The first-order chi connectivity index (χ1) is 7.74. The lowest BCUT2D eigenvalue weighted by Crippen LogP contribution is -1.89. The van der Waals surface area contributed by atoms with Crippen LogP contribution in [0.15, 0.2) is 24.3 Å². The lowest BCUT2D eigenvalue weighted by Gasteiger charge is -2.05. The number of allylic oxidation sites excluding steroid dienone is 1. The van der Waals surface area contributed by atoms with Crippen LogP contribution in [0.25, 0.3) is 0 Å². The van der Waals surface area contributed by atoms with Crippen LogP contribution in [-0.2, 0) is 6.42 Å². The molecule has 0 nitrogen and oxygen atoms in total. The van der Waals surface area contributed by atoms with E-state index in [2.05, 4.69) is 32.0 Å². The molecule has 0 aliphatic carbocycles. The Balaban J connectivity index is 2.21. The molecule has 0 N–H and O–H groups in total. The van der Waals surface area contributed by atoms with Crippen molar-refractivity contribution in [3.8, 4) is 0 Å². The van der Waals surface area contributed by atoms with Crippen LogP contribution < -0.4 is 0 Å². The molecule has 1 aromatic rings. The SMILES string of the molecule is [CH]=CCCCCCCc1ccc(C)c(C)c1. The Morgan fingerprint density at radius 3 is 2.44 bits per heavy atom. The van der Waals surface area contributed by atoms with Gasteiger partial charge >= 0.3 is 0 Å². The lowest BCUT2D eigenvalue weighted by atomic mass is 10.0. The van der Waals surface area contributed by atoms with Crippen molar-refractivity contribution >= 4 is 0 Å². The molecule has 16 heavy (non-hydrogen) atoms. The third-order valence-corrected chi connectivity index (χ3v) is 3.16. The van der Waals surface area contributed by atoms with Crippen LogP contribution in [-0.4, -0.2) is 0 Å². The molecule has 0 aliphatic heterocycles. The standard InChI is InChI=1S/C16H23/c1-4-5-6-7-8-9-10-16-12-11-14(2)15(3)13-16/h1,4,11-13H,5-10H2,2-3H3. The van der Waals surface area contributed by atoms with Gasteiger partial charge in [0.05, 0.1) is 0 Å². The molecule has 0 saturated carbocycles. The smallest absolute Gasteiger partial charge is 0.0279 e. The van der Waals surface area contributed by atoms with Gasteiger partial charge in [0.15, 0.2) is 0 Å². The van der Waals surface area contributed by atoms with Gasteiger partial charge in [-0.3, -0.25) is 0 Å². The molecule has 0 heterocycles. The Kier molecular flexibility index (Phi) is 5.92.